The van der Waals surface area contributed by atoms with Crippen molar-refractivity contribution < 1.29 is 0 Å². The Balaban J connectivity index is 2.50. The summed E-state index contributed by atoms with van der Waals surface area (Å²) in [6.45, 7) is 3.05. The molecule has 0 bridgehead atoms. The summed E-state index contributed by atoms with van der Waals surface area (Å²) < 4.78 is 0. The van der Waals surface area contributed by atoms with Gasteiger partial charge >= 0.3 is 0 Å². The lowest BCUT2D eigenvalue weighted by Gasteiger charge is -1.94. The topological polar surface area (TPSA) is 38.4 Å². The molecule has 0 unspecified atom stereocenters. The summed E-state index contributed by atoms with van der Waals surface area (Å²) >= 11 is 0. The molecule has 0 saturated heterocycles. The Hall–Kier alpha value is -0.790. The van der Waals surface area contributed by atoms with Crippen LogP contribution in [0.1, 0.15) is 26.2 Å². The Morgan fingerprint density at radius 3 is 3.10 bits per heavy atom. The molecule has 2 N–H and O–H groups in total. The van der Waals surface area contributed by atoms with E-state index in [9.17, 15) is 0 Å². The van der Waals surface area contributed by atoms with Crippen molar-refractivity contribution in [1.29, 1.82) is 0 Å². The summed E-state index contributed by atoms with van der Waals surface area (Å²) in [5.74, 6) is 0. The maximum atomic E-state index is 5.63. The lowest BCUT2D eigenvalue weighted by atomic mass is 10.2. The largest absolute Gasteiger partial charge is 0.402 e. The normalized spacial score (nSPS) is 19.3. The van der Waals surface area contributed by atoms with Crippen LogP contribution in [0.3, 0.4) is 0 Å². The molecule has 0 aromatic carbocycles. The lowest BCUT2D eigenvalue weighted by molar-refractivity contribution is 0.951. The molecule has 2 heteroatoms. The fraction of sp³-hybridized carbons (Fsp3) is 0.625. The van der Waals surface area contributed by atoms with E-state index in [4.69, 9.17) is 5.73 Å². The molecule has 0 spiro atoms. The molecule has 0 amide bonds. The highest BCUT2D eigenvalue weighted by Gasteiger charge is 2.02. The molecular weight excluding hydrogens is 124 g/mol. The summed E-state index contributed by atoms with van der Waals surface area (Å²) in [5, 5.41) is 0. The van der Waals surface area contributed by atoms with Crippen molar-refractivity contribution in [1.82, 2.24) is 0 Å². The molecular formula is C8H14N2. The van der Waals surface area contributed by atoms with E-state index in [0.717, 1.165) is 25.1 Å². The second kappa shape index (κ2) is 3.40. The molecule has 1 rings (SSSR count). The Kier molecular flexibility index (Phi) is 2.49. The maximum absolute atomic E-state index is 5.63. The summed E-state index contributed by atoms with van der Waals surface area (Å²) in [7, 11) is 0. The van der Waals surface area contributed by atoms with E-state index in [2.05, 4.69) is 11.9 Å². The Morgan fingerprint density at radius 1 is 1.80 bits per heavy atom. The predicted octanol–water partition coefficient (Wildman–Crippen LogP) is 1.47. The average molecular weight is 138 g/mol. The van der Waals surface area contributed by atoms with Gasteiger partial charge in [-0.2, -0.15) is 0 Å². The zero-order chi connectivity index (χ0) is 7.40. The van der Waals surface area contributed by atoms with Crippen molar-refractivity contribution in [3.63, 3.8) is 0 Å². The number of rotatable bonds is 2. The third-order valence-corrected chi connectivity index (χ3v) is 1.67. The van der Waals surface area contributed by atoms with Gasteiger partial charge < -0.3 is 5.73 Å². The molecule has 0 aromatic heterocycles. The van der Waals surface area contributed by atoms with E-state index in [-0.39, 0.29) is 0 Å². The van der Waals surface area contributed by atoms with Crippen LogP contribution in [0, 0.1) is 0 Å². The van der Waals surface area contributed by atoms with Gasteiger partial charge in [0.2, 0.25) is 0 Å². The second-order valence-electron chi connectivity index (χ2n) is 2.55. The molecule has 1 aliphatic heterocycles. The molecule has 2 nitrogen and oxygen atoms in total. The molecule has 56 valence electrons. The van der Waals surface area contributed by atoms with E-state index >= 15 is 0 Å². The highest BCUT2D eigenvalue weighted by molar-refractivity contribution is 5.96. The molecule has 0 radical (unpaired) electrons. The highest BCUT2D eigenvalue weighted by atomic mass is 14.8. The van der Waals surface area contributed by atoms with Crippen LogP contribution >= 0.6 is 0 Å². The van der Waals surface area contributed by atoms with Crippen molar-refractivity contribution in [2.75, 3.05) is 6.54 Å². The third kappa shape index (κ3) is 1.87. The molecule has 0 fully saturated rings. The van der Waals surface area contributed by atoms with Gasteiger partial charge in [-0.1, -0.05) is 6.92 Å². The molecule has 10 heavy (non-hydrogen) atoms. The quantitative estimate of drug-likeness (QED) is 0.616. The predicted molar refractivity (Wildman–Crippen MR) is 44.1 cm³/mol. The van der Waals surface area contributed by atoms with Crippen LogP contribution < -0.4 is 5.73 Å². The molecule has 0 saturated carbocycles. The molecule has 0 aliphatic carbocycles. The summed E-state index contributed by atoms with van der Waals surface area (Å²) in [6, 6.07) is 0. The minimum atomic E-state index is 0.930. The first-order valence-electron chi connectivity index (χ1n) is 3.82. The zero-order valence-electron chi connectivity index (χ0n) is 6.43. The number of nitrogens with two attached hydrogens (primary N) is 1. The Morgan fingerprint density at radius 2 is 2.60 bits per heavy atom. The highest BCUT2D eigenvalue weighted by Crippen LogP contribution is 2.06. The number of allylic oxidation sites excluding steroid dienone is 2. The fourth-order valence-corrected chi connectivity index (χ4v) is 0.996. The number of hydrogen-bond donors (Lipinski definition) is 1. The average Bonchev–Trinajstić information content (AvgIpc) is 2.40. The maximum Gasteiger partial charge on any atom is 0.0396 e. The molecule has 1 heterocycles. The van der Waals surface area contributed by atoms with Gasteiger partial charge in [0.05, 0.1) is 0 Å². The van der Waals surface area contributed by atoms with Crippen LogP contribution in [0.25, 0.3) is 0 Å². The number of hydrogen-bond acceptors (Lipinski definition) is 2. The lowest BCUT2D eigenvalue weighted by Crippen LogP contribution is -1.98. The molecule has 0 aromatic rings. The fourth-order valence-electron chi connectivity index (χ4n) is 0.996. The van der Waals surface area contributed by atoms with E-state index in [1.54, 1.807) is 0 Å². The Bertz CT molecular complexity index is 168. The van der Waals surface area contributed by atoms with Crippen LogP contribution in [0.15, 0.2) is 16.8 Å². The van der Waals surface area contributed by atoms with Gasteiger partial charge in [0.15, 0.2) is 0 Å². The van der Waals surface area contributed by atoms with Gasteiger partial charge in [-0.3, -0.25) is 4.99 Å². The number of nitrogens with zero attached hydrogens (tertiary/aromatic N) is 1. The van der Waals surface area contributed by atoms with Gasteiger partial charge in [0, 0.05) is 18.0 Å². The molecule has 0 atom stereocenters. The standard InChI is InChI=1S/C8H14N2/c1-2-7(9)6-8-4-3-5-10-8/h6H,2-5,9H2,1H3. The van der Waals surface area contributed by atoms with E-state index < -0.39 is 0 Å². The van der Waals surface area contributed by atoms with E-state index in [0.29, 0.717) is 0 Å². The van der Waals surface area contributed by atoms with Crippen LogP contribution in [0.4, 0.5) is 0 Å². The van der Waals surface area contributed by atoms with E-state index in [1.807, 2.05) is 6.08 Å². The summed E-state index contributed by atoms with van der Waals surface area (Å²) in [6.07, 6.45) is 5.25. The molecule has 1 aliphatic rings. The Labute approximate surface area is 61.8 Å². The van der Waals surface area contributed by atoms with E-state index in [1.165, 1.54) is 12.1 Å². The minimum Gasteiger partial charge on any atom is -0.402 e. The van der Waals surface area contributed by atoms with Crippen LogP contribution in [-0.4, -0.2) is 12.3 Å². The van der Waals surface area contributed by atoms with Gasteiger partial charge in [-0.25, -0.2) is 0 Å². The van der Waals surface area contributed by atoms with Gasteiger partial charge in [0.25, 0.3) is 0 Å². The van der Waals surface area contributed by atoms with Crippen LogP contribution in [0.5, 0.6) is 0 Å². The van der Waals surface area contributed by atoms with Gasteiger partial charge in [-0.05, 0) is 25.3 Å². The minimum absolute atomic E-state index is 0.930. The monoisotopic (exact) mass is 138 g/mol. The smallest absolute Gasteiger partial charge is 0.0396 e. The van der Waals surface area contributed by atoms with Crippen LogP contribution in [0.2, 0.25) is 0 Å². The van der Waals surface area contributed by atoms with Gasteiger partial charge in [0.1, 0.15) is 0 Å². The van der Waals surface area contributed by atoms with Crippen molar-refractivity contribution in [2.45, 2.75) is 26.2 Å². The number of aliphatic imine (C=N–C) groups is 1. The van der Waals surface area contributed by atoms with Crippen molar-refractivity contribution in [3.05, 3.63) is 11.8 Å². The van der Waals surface area contributed by atoms with Gasteiger partial charge in [-0.15, -0.1) is 0 Å². The third-order valence-electron chi connectivity index (χ3n) is 1.67. The van der Waals surface area contributed by atoms with Crippen molar-refractivity contribution in [3.8, 4) is 0 Å². The summed E-state index contributed by atoms with van der Waals surface area (Å²) in [4.78, 5) is 4.28. The van der Waals surface area contributed by atoms with Crippen LogP contribution in [-0.2, 0) is 0 Å². The summed E-state index contributed by atoms with van der Waals surface area (Å²) in [5.41, 5.74) is 7.76. The second-order valence-corrected chi connectivity index (χ2v) is 2.55. The first-order valence-corrected chi connectivity index (χ1v) is 3.82. The first kappa shape index (κ1) is 7.32. The SMILES string of the molecule is CCC(N)=CC1=NCCC1. The van der Waals surface area contributed by atoms with Crippen molar-refractivity contribution >= 4 is 5.71 Å². The van der Waals surface area contributed by atoms with Crippen molar-refractivity contribution in [2.24, 2.45) is 10.7 Å². The zero-order valence-corrected chi connectivity index (χ0v) is 6.43. The first-order chi connectivity index (χ1) is 4.83.